The second-order valence-corrected chi connectivity index (χ2v) is 6.67. The van der Waals surface area contributed by atoms with Crippen molar-refractivity contribution in [2.24, 2.45) is 7.05 Å². The zero-order valence-electron chi connectivity index (χ0n) is 10.5. The molecular formula is C12H13ClN2O3S. The van der Waals surface area contributed by atoms with Crippen LogP contribution in [0.15, 0.2) is 35.5 Å². The van der Waals surface area contributed by atoms with Gasteiger partial charge in [-0.3, -0.25) is 0 Å². The fourth-order valence-corrected chi connectivity index (χ4v) is 2.45. The summed E-state index contributed by atoms with van der Waals surface area (Å²) in [6.07, 6.45) is 3.52. The van der Waals surface area contributed by atoms with Crippen LogP contribution in [0.4, 0.5) is 0 Å². The van der Waals surface area contributed by atoms with Crippen LogP contribution in [-0.2, 0) is 22.7 Å². The Kier molecular flexibility index (Phi) is 3.82. The molecule has 5 nitrogen and oxygen atoms in total. The number of nitrogens with zero attached hydrogens (tertiary/aromatic N) is 2. The molecule has 0 aliphatic rings. The molecule has 102 valence electrons. The molecule has 0 amide bonds. The Hall–Kier alpha value is -1.53. The second-order valence-electron chi connectivity index (χ2n) is 4.11. The van der Waals surface area contributed by atoms with E-state index in [1.165, 1.54) is 12.1 Å². The van der Waals surface area contributed by atoms with Crippen molar-refractivity contribution in [3.05, 3.63) is 42.0 Å². The molecule has 0 saturated carbocycles. The number of hydrogen-bond acceptors (Lipinski definition) is 4. The Balaban J connectivity index is 2.16. The van der Waals surface area contributed by atoms with E-state index in [9.17, 15) is 8.42 Å². The van der Waals surface area contributed by atoms with Gasteiger partial charge in [0.1, 0.15) is 18.2 Å². The molecule has 0 saturated heterocycles. The van der Waals surface area contributed by atoms with Crippen molar-refractivity contribution in [3.63, 3.8) is 0 Å². The van der Waals surface area contributed by atoms with E-state index < -0.39 is 9.05 Å². The van der Waals surface area contributed by atoms with E-state index in [-0.39, 0.29) is 4.90 Å². The summed E-state index contributed by atoms with van der Waals surface area (Å²) in [6, 6.07) is 4.49. The first-order valence-corrected chi connectivity index (χ1v) is 7.83. The lowest BCUT2D eigenvalue weighted by Gasteiger charge is -2.09. The Morgan fingerprint density at radius 3 is 2.68 bits per heavy atom. The lowest BCUT2D eigenvalue weighted by molar-refractivity contribution is 0.289. The third-order valence-electron chi connectivity index (χ3n) is 2.71. The molecule has 2 rings (SSSR count). The highest BCUT2D eigenvalue weighted by atomic mass is 35.7. The minimum atomic E-state index is -3.71. The van der Waals surface area contributed by atoms with Gasteiger partial charge in [0.2, 0.25) is 0 Å². The molecule has 2 aromatic rings. The molecule has 0 aliphatic carbocycles. The Bertz CT molecular complexity index is 695. The number of ether oxygens (including phenoxy) is 1. The van der Waals surface area contributed by atoms with Crippen LogP contribution in [-0.4, -0.2) is 18.0 Å². The highest BCUT2D eigenvalue weighted by Crippen LogP contribution is 2.24. The van der Waals surface area contributed by atoms with Crippen molar-refractivity contribution in [2.75, 3.05) is 0 Å². The smallest absolute Gasteiger partial charge is 0.261 e. The number of aryl methyl sites for hydroxylation is 2. The first kappa shape index (κ1) is 13.9. The topological polar surface area (TPSA) is 61.2 Å². The predicted molar refractivity (Wildman–Crippen MR) is 71.8 cm³/mol. The van der Waals surface area contributed by atoms with E-state index in [1.807, 2.05) is 17.8 Å². The van der Waals surface area contributed by atoms with Crippen LogP contribution in [0.1, 0.15) is 11.4 Å². The number of halogens is 1. The molecule has 0 radical (unpaired) electrons. The number of rotatable bonds is 4. The van der Waals surface area contributed by atoms with Gasteiger partial charge in [0, 0.05) is 30.1 Å². The summed E-state index contributed by atoms with van der Waals surface area (Å²) in [7, 11) is 3.45. The van der Waals surface area contributed by atoms with Crippen LogP contribution < -0.4 is 4.74 Å². The molecule has 1 aromatic carbocycles. The van der Waals surface area contributed by atoms with Gasteiger partial charge in [-0.1, -0.05) is 0 Å². The average Bonchev–Trinajstić information content (AvgIpc) is 2.72. The van der Waals surface area contributed by atoms with Gasteiger partial charge in [-0.15, -0.1) is 0 Å². The van der Waals surface area contributed by atoms with Gasteiger partial charge < -0.3 is 9.30 Å². The number of hydrogen-bond donors (Lipinski definition) is 0. The van der Waals surface area contributed by atoms with Gasteiger partial charge in [-0.05, 0) is 30.7 Å². The Morgan fingerprint density at radius 1 is 1.42 bits per heavy atom. The molecular weight excluding hydrogens is 288 g/mol. The SMILES string of the molecule is Cc1cc(S(=O)(=O)Cl)ccc1OCc1nccn1C. The van der Waals surface area contributed by atoms with E-state index in [0.29, 0.717) is 17.9 Å². The average molecular weight is 301 g/mol. The molecule has 1 heterocycles. The monoisotopic (exact) mass is 300 g/mol. The van der Waals surface area contributed by atoms with Crippen molar-refractivity contribution in [1.82, 2.24) is 9.55 Å². The summed E-state index contributed by atoms with van der Waals surface area (Å²) >= 11 is 0. The van der Waals surface area contributed by atoms with Crippen molar-refractivity contribution < 1.29 is 13.2 Å². The largest absolute Gasteiger partial charge is 0.485 e. The fourth-order valence-electron chi connectivity index (χ4n) is 1.61. The van der Waals surface area contributed by atoms with Crippen LogP contribution in [0.2, 0.25) is 0 Å². The summed E-state index contributed by atoms with van der Waals surface area (Å²) in [5, 5.41) is 0. The van der Waals surface area contributed by atoms with Crippen LogP contribution in [0, 0.1) is 6.92 Å². The number of imidazole rings is 1. The van der Waals surface area contributed by atoms with Crippen LogP contribution in [0.25, 0.3) is 0 Å². The van der Waals surface area contributed by atoms with Crippen molar-refractivity contribution in [1.29, 1.82) is 0 Å². The second kappa shape index (κ2) is 5.22. The molecule has 0 aliphatic heterocycles. The lowest BCUT2D eigenvalue weighted by Crippen LogP contribution is -2.04. The molecule has 1 aromatic heterocycles. The van der Waals surface area contributed by atoms with Crippen molar-refractivity contribution in [2.45, 2.75) is 18.4 Å². The fraction of sp³-hybridized carbons (Fsp3) is 0.250. The molecule has 0 spiro atoms. The van der Waals surface area contributed by atoms with Gasteiger partial charge in [-0.25, -0.2) is 13.4 Å². The first-order chi connectivity index (χ1) is 8.88. The molecule has 0 N–H and O–H groups in total. The third kappa shape index (κ3) is 3.27. The zero-order valence-corrected chi connectivity index (χ0v) is 12.1. The normalized spacial score (nSPS) is 11.5. The highest BCUT2D eigenvalue weighted by Gasteiger charge is 2.12. The third-order valence-corrected chi connectivity index (χ3v) is 4.06. The van der Waals surface area contributed by atoms with E-state index >= 15 is 0 Å². The van der Waals surface area contributed by atoms with Crippen LogP contribution >= 0.6 is 10.7 Å². The van der Waals surface area contributed by atoms with Gasteiger partial charge in [-0.2, -0.15) is 0 Å². The van der Waals surface area contributed by atoms with Crippen molar-refractivity contribution in [3.8, 4) is 5.75 Å². The molecule has 0 fully saturated rings. The minimum absolute atomic E-state index is 0.0657. The summed E-state index contributed by atoms with van der Waals surface area (Å²) in [5.74, 6) is 1.39. The predicted octanol–water partition coefficient (Wildman–Crippen LogP) is 2.24. The standard InChI is InChI=1S/C12H13ClN2O3S/c1-9-7-10(19(13,16)17)3-4-11(9)18-8-12-14-5-6-15(12)2/h3-7H,8H2,1-2H3. The summed E-state index contributed by atoms with van der Waals surface area (Å²) in [5.41, 5.74) is 0.705. The van der Waals surface area contributed by atoms with E-state index in [2.05, 4.69) is 4.98 Å². The molecule has 0 atom stereocenters. The van der Waals surface area contributed by atoms with Crippen LogP contribution in [0.3, 0.4) is 0 Å². The maximum Gasteiger partial charge on any atom is 0.261 e. The van der Waals surface area contributed by atoms with Gasteiger partial charge in [0.15, 0.2) is 0 Å². The first-order valence-electron chi connectivity index (χ1n) is 5.52. The van der Waals surface area contributed by atoms with Gasteiger partial charge in [0.25, 0.3) is 9.05 Å². The summed E-state index contributed by atoms with van der Waals surface area (Å²) < 4.78 is 29.9. The van der Waals surface area contributed by atoms with Crippen molar-refractivity contribution >= 4 is 19.7 Å². The summed E-state index contributed by atoms with van der Waals surface area (Å²) in [6.45, 7) is 2.08. The zero-order chi connectivity index (χ0) is 14.0. The number of benzene rings is 1. The molecule has 0 bridgehead atoms. The quantitative estimate of drug-likeness (QED) is 0.812. The summed E-state index contributed by atoms with van der Waals surface area (Å²) in [4.78, 5) is 4.20. The maximum absolute atomic E-state index is 11.2. The molecule has 7 heteroatoms. The van der Waals surface area contributed by atoms with E-state index in [1.54, 1.807) is 19.2 Å². The Morgan fingerprint density at radius 2 is 2.16 bits per heavy atom. The lowest BCUT2D eigenvalue weighted by atomic mass is 10.2. The highest BCUT2D eigenvalue weighted by molar-refractivity contribution is 8.13. The minimum Gasteiger partial charge on any atom is -0.485 e. The Labute approximate surface area is 116 Å². The maximum atomic E-state index is 11.2. The van der Waals surface area contributed by atoms with Gasteiger partial charge >= 0.3 is 0 Å². The molecule has 19 heavy (non-hydrogen) atoms. The van der Waals surface area contributed by atoms with E-state index in [0.717, 1.165) is 5.82 Å². The van der Waals surface area contributed by atoms with Crippen LogP contribution in [0.5, 0.6) is 5.75 Å². The number of aromatic nitrogens is 2. The van der Waals surface area contributed by atoms with Gasteiger partial charge in [0.05, 0.1) is 4.90 Å². The van der Waals surface area contributed by atoms with E-state index in [4.69, 9.17) is 15.4 Å². The molecule has 0 unspecified atom stereocenters.